The van der Waals surface area contributed by atoms with Crippen molar-refractivity contribution in [2.45, 2.75) is 56.9 Å². The summed E-state index contributed by atoms with van der Waals surface area (Å²) in [5.74, 6) is -2.33. The van der Waals surface area contributed by atoms with Crippen molar-refractivity contribution >= 4 is 10.0 Å². The number of nitrogens with one attached hydrogen (secondary N) is 1. The Morgan fingerprint density at radius 1 is 1.18 bits per heavy atom. The summed E-state index contributed by atoms with van der Waals surface area (Å²) in [6, 6.07) is 7.22. The van der Waals surface area contributed by atoms with Crippen LogP contribution in [-0.4, -0.2) is 46.0 Å². The summed E-state index contributed by atoms with van der Waals surface area (Å²) in [5, 5.41) is 0. The topological polar surface area (TPSA) is 64.6 Å². The van der Waals surface area contributed by atoms with Gasteiger partial charge in [0, 0.05) is 38.0 Å². The molecular weight excluding hydrogens is 388 g/mol. The van der Waals surface area contributed by atoms with E-state index in [4.69, 9.17) is 9.47 Å². The van der Waals surface area contributed by atoms with Crippen LogP contribution in [0.5, 0.6) is 5.75 Å². The summed E-state index contributed by atoms with van der Waals surface area (Å²) in [6.07, 6.45) is 1.43. The number of hydrogen-bond donors (Lipinski definition) is 1. The minimum Gasteiger partial charge on any atom is -0.493 e. The molecule has 5 nitrogen and oxygen atoms in total. The Labute approximate surface area is 165 Å². The zero-order valence-electron chi connectivity index (χ0n) is 16.2. The van der Waals surface area contributed by atoms with Crippen molar-refractivity contribution in [2.24, 2.45) is 5.92 Å². The molecule has 0 amide bonds. The van der Waals surface area contributed by atoms with Crippen LogP contribution >= 0.6 is 0 Å². The normalized spacial score (nSPS) is 26.1. The van der Waals surface area contributed by atoms with Gasteiger partial charge in [-0.15, -0.1) is 0 Å². The van der Waals surface area contributed by atoms with Crippen LogP contribution in [0.15, 0.2) is 24.3 Å². The average Bonchev–Trinajstić information content (AvgIpc) is 2.69. The monoisotopic (exact) mass is 417 g/mol. The lowest BCUT2D eigenvalue weighted by atomic mass is 9.83. The Kier molecular flexibility index (Phi) is 6.94. The maximum atomic E-state index is 13.9. The van der Waals surface area contributed by atoms with Crippen molar-refractivity contribution in [1.29, 1.82) is 0 Å². The van der Waals surface area contributed by atoms with E-state index in [9.17, 15) is 17.2 Å². The van der Waals surface area contributed by atoms with Gasteiger partial charge in [-0.05, 0) is 49.8 Å². The second-order valence-electron chi connectivity index (χ2n) is 7.75. The van der Waals surface area contributed by atoms with Crippen LogP contribution in [0.3, 0.4) is 0 Å². The van der Waals surface area contributed by atoms with E-state index in [0.29, 0.717) is 11.7 Å². The van der Waals surface area contributed by atoms with Crippen molar-refractivity contribution in [1.82, 2.24) is 4.72 Å². The first-order valence-corrected chi connectivity index (χ1v) is 11.6. The van der Waals surface area contributed by atoms with Gasteiger partial charge in [0.1, 0.15) is 5.75 Å². The Bertz CT molecular complexity index is 733. The molecule has 0 radical (unpaired) electrons. The number of ether oxygens (including phenoxy) is 2. The number of sulfonamides is 1. The fourth-order valence-electron chi connectivity index (χ4n) is 3.94. The Balaban J connectivity index is 1.61. The summed E-state index contributed by atoms with van der Waals surface area (Å²) < 4.78 is 65.3. The maximum Gasteiger partial charge on any atom is 0.248 e. The van der Waals surface area contributed by atoms with Gasteiger partial charge in [-0.1, -0.05) is 12.1 Å². The van der Waals surface area contributed by atoms with E-state index >= 15 is 0 Å². The molecule has 2 atom stereocenters. The summed E-state index contributed by atoms with van der Waals surface area (Å²) in [4.78, 5) is 0. The fourth-order valence-corrected chi connectivity index (χ4v) is 4.88. The predicted octanol–water partition coefficient (Wildman–Crippen LogP) is 3.70. The van der Waals surface area contributed by atoms with Crippen LogP contribution in [0, 0.1) is 5.92 Å². The van der Waals surface area contributed by atoms with Crippen molar-refractivity contribution in [2.75, 3.05) is 25.6 Å². The van der Waals surface area contributed by atoms with Crippen molar-refractivity contribution in [3.05, 3.63) is 29.8 Å². The predicted molar refractivity (Wildman–Crippen MR) is 103 cm³/mol. The second kappa shape index (κ2) is 9.05. The molecule has 0 aromatic heterocycles. The molecule has 2 aliphatic rings. The molecule has 8 heteroatoms. The van der Waals surface area contributed by atoms with Crippen LogP contribution in [0.2, 0.25) is 0 Å². The van der Waals surface area contributed by atoms with E-state index < -0.39 is 27.9 Å². The van der Waals surface area contributed by atoms with Gasteiger partial charge in [0.2, 0.25) is 15.9 Å². The lowest BCUT2D eigenvalue weighted by Gasteiger charge is -2.36. The van der Waals surface area contributed by atoms with Gasteiger partial charge in [-0.2, -0.15) is 0 Å². The van der Waals surface area contributed by atoms with Gasteiger partial charge in [-0.3, -0.25) is 0 Å². The molecule has 1 aliphatic heterocycles. The van der Waals surface area contributed by atoms with Gasteiger partial charge >= 0.3 is 0 Å². The highest BCUT2D eigenvalue weighted by Gasteiger charge is 2.42. The first kappa shape index (κ1) is 21.5. The summed E-state index contributed by atoms with van der Waals surface area (Å²) >= 11 is 0. The third-order valence-corrected chi connectivity index (χ3v) is 7.12. The summed E-state index contributed by atoms with van der Waals surface area (Å²) in [7, 11) is -3.45. The van der Waals surface area contributed by atoms with E-state index in [1.807, 2.05) is 24.3 Å². The Morgan fingerprint density at radius 3 is 2.50 bits per heavy atom. The van der Waals surface area contributed by atoms with Crippen LogP contribution in [0.1, 0.15) is 50.5 Å². The minimum absolute atomic E-state index is 0.0586. The third kappa shape index (κ3) is 5.87. The number of rotatable bonds is 7. The first-order valence-electron chi connectivity index (χ1n) is 9.96. The van der Waals surface area contributed by atoms with Crippen molar-refractivity contribution in [3.63, 3.8) is 0 Å². The highest BCUT2D eigenvalue weighted by Crippen LogP contribution is 2.37. The Morgan fingerprint density at radius 2 is 1.86 bits per heavy atom. The quantitative estimate of drug-likeness (QED) is 0.735. The molecule has 0 spiro atoms. The molecule has 2 fully saturated rings. The average molecular weight is 418 g/mol. The zero-order valence-corrected chi connectivity index (χ0v) is 17.0. The van der Waals surface area contributed by atoms with E-state index in [0.717, 1.165) is 26.1 Å². The lowest BCUT2D eigenvalue weighted by Crippen LogP contribution is -2.48. The molecule has 1 aromatic carbocycles. The van der Waals surface area contributed by atoms with Crippen molar-refractivity contribution < 1.29 is 26.7 Å². The number of hydrogen-bond acceptors (Lipinski definition) is 4. The number of benzene rings is 1. The van der Waals surface area contributed by atoms with E-state index in [1.165, 1.54) is 12.5 Å². The van der Waals surface area contributed by atoms with Crippen LogP contribution in [0.25, 0.3) is 0 Å². The van der Waals surface area contributed by atoms with E-state index in [1.54, 1.807) is 0 Å². The smallest absolute Gasteiger partial charge is 0.248 e. The van der Waals surface area contributed by atoms with Crippen LogP contribution < -0.4 is 9.46 Å². The van der Waals surface area contributed by atoms with E-state index in [2.05, 4.69) is 4.72 Å². The molecule has 158 valence electrons. The number of halogens is 2. The summed E-state index contributed by atoms with van der Waals surface area (Å²) in [5.41, 5.74) is 1.23. The fraction of sp³-hybridized carbons (Fsp3) is 0.700. The highest BCUT2D eigenvalue weighted by molar-refractivity contribution is 7.89. The minimum atomic E-state index is -3.45. The van der Waals surface area contributed by atoms with Gasteiger partial charge in [-0.25, -0.2) is 21.9 Å². The van der Waals surface area contributed by atoms with Gasteiger partial charge in [0.15, 0.2) is 0 Å². The first-order chi connectivity index (χ1) is 13.3. The molecule has 1 N–H and O–H groups in total. The van der Waals surface area contributed by atoms with E-state index in [-0.39, 0.29) is 31.6 Å². The standard InChI is InChI=1S/C20H29F2NO4S/c1-2-28(24,25)23-19-7-10-20(21,22)13-17(19)14-27-18-5-3-15(4-6-18)16-8-11-26-12-9-16/h3-6,16-17,19,23H,2,7-14H2,1H3/t17-,19+/m1/s1. The second-order valence-corrected chi connectivity index (χ2v) is 9.80. The van der Waals surface area contributed by atoms with Crippen LogP contribution in [0.4, 0.5) is 8.78 Å². The summed E-state index contributed by atoms with van der Waals surface area (Å²) in [6.45, 7) is 3.14. The molecule has 0 bridgehead atoms. The molecule has 1 heterocycles. The zero-order chi connectivity index (χ0) is 20.2. The van der Waals surface area contributed by atoms with Crippen LogP contribution in [-0.2, 0) is 14.8 Å². The largest absolute Gasteiger partial charge is 0.493 e. The molecule has 1 aliphatic carbocycles. The molecule has 0 unspecified atom stereocenters. The molecule has 3 rings (SSSR count). The Hall–Kier alpha value is -1.25. The van der Waals surface area contributed by atoms with Gasteiger partial charge in [0.05, 0.1) is 12.4 Å². The SMILES string of the molecule is CCS(=O)(=O)N[C@H]1CCC(F)(F)C[C@@H]1COc1ccc(C2CCOCC2)cc1. The molecule has 28 heavy (non-hydrogen) atoms. The van der Waals surface area contributed by atoms with Gasteiger partial charge in [0.25, 0.3) is 0 Å². The third-order valence-electron chi connectivity index (χ3n) is 5.70. The maximum absolute atomic E-state index is 13.9. The van der Waals surface area contributed by atoms with Gasteiger partial charge < -0.3 is 9.47 Å². The molecule has 1 saturated heterocycles. The molecular formula is C20H29F2NO4S. The molecule has 1 aromatic rings. The molecule has 1 saturated carbocycles. The number of alkyl halides is 2. The highest BCUT2D eigenvalue weighted by atomic mass is 32.2. The van der Waals surface area contributed by atoms with Crippen molar-refractivity contribution in [3.8, 4) is 5.75 Å². The lowest BCUT2D eigenvalue weighted by molar-refractivity contribution is -0.0660.